The van der Waals surface area contributed by atoms with Crippen LogP contribution in [0, 0.1) is 0 Å². The smallest absolute Gasteiger partial charge is 0.340 e. The Morgan fingerprint density at radius 3 is 2.68 bits per heavy atom. The minimum Gasteiger partial charge on any atom is -0.465 e. The van der Waals surface area contributed by atoms with E-state index in [9.17, 15) is 4.79 Å². The van der Waals surface area contributed by atoms with Gasteiger partial charge in [0, 0.05) is 44.5 Å². The molecule has 0 saturated carbocycles. The van der Waals surface area contributed by atoms with Crippen molar-refractivity contribution in [2.75, 3.05) is 48.9 Å². The molecular weight excluding hydrogens is 530 g/mol. The highest BCUT2D eigenvalue weighted by Crippen LogP contribution is 2.36. The fourth-order valence-corrected chi connectivity index (χ4v) is 6.84. The molecule has 1 aromatic carbocycles. The van der Waals surface area contributed by atoms with Crippen molar-refractivity contribution in [3.05, 3.63) is 71.7 Å². The number of carbonyl (C=O) groups excluding carboxylic acids is 1. The van der Waals surface area contributed by atoms with Gasteiger partial charge in [0.2, 0.25) is 0 Å². The summed E-state index contributed by atoms with van der Waals surface area (Å²) in [6.45, 7) is 11.8. The van der Waals surface area contributed by atoms with Gasteiger partial charge in [-0.2, -0.15) is 0 Å². The molecule has 0 spiro atoms. The number of carbonyl (C=O) groups is 1. The number of aromatic nitrogens is 2. The van der Waals surface area contributed by atoms with Crippen molar-refractivity contribution in [3.8, 4) is 0 Å². The summed E-state index contributed by atoms with van der Waals surface area (Å²) in [6.07, 6.45) is 8.91. The van der Waals surface area contributed by atoms with Crippen LogP contribution in [-0.2, 0) is 15.6 Å². The average Bonchev–Trinajstić information content (AvgIpc) is 2.96. The van der Waals surface area contributed by atoms with Crippen molar-refractivity contribution in [2.24, 2.45) is 0 Å². The molecule has 1 saturated heterocycles. The van der Waals surface area contributed by atoms with E-state index >= 15 is 0 Å². The van der Waals surface area contributed by atoms with Gasteiger partial charge in [-0.25, -0.2) is 9.78 Å². The van der Waals surface area contributed by atoms with Gasteiger partial charge in [0.1, 0.15) is 5.82 Å². The normalized spacial score (nSPS) is 17.1. The zero-order valence-electron chi connectivity index (χ0n) is 25.2. The standard InChI is InChI=1S/C32H43N5O3Si/c1-22(2)41(5,6)40-27-20-37(21-27)26-11-13-31(35-18-26)36(3)25-10-12-28-23(16-25)8-7-9-24(28)17-34-30-19-33-15-14-29(30)32(38)39-4/h10-16,18-19,22,24,27,34H,7-9,17,20-21H2,1-6H3/t24-/m0/s1. The summed E-state index contributed by atoms with van der Waals surface area (Å²) >= 11 is 0. The van der Waals surface area contributed by atoms with Gasteiger partial charge in [0.15, 0.2) is 8.32 Å². The Hall–Kier alpha value is -3.43. The number of rotatable bonds is 10. The lowest BCUT2D eigenvalue weighted by atomic mass is 9.82. The SMILES string of the molecule is COC(=O)c1ccncc1NC[C@@H]1CCCc2cc(N(C)c3ccc(N4CC(O[Si](C)(C)C(C)C)C4)cn3)ccc21. The summed E-state index contributed by atoms with van der Waals surface area (Å²) < 4.78 is 11.4. The first-order chi connectivity index (χ1) is 19.7. The number of anilines is 4. The Morgan fingerprint density at radius 2 is 1.98 bits per heavy atom. The van der Waals surface area contributed by atoms with Crippen molar-refractivity contribution in [1.82, 2.24) is 9.97 Å². The molecule has 1 aliphatic carbocycles. The van der Waals surface area contributed by atoms with Crippen molar-refractivity contribution < 1.29 is 14.0 Å². The predicted molar refractivity (Wildman–Crippen MR) is 168 cm³/mol. The van der Waals surface area contributed by atoms with E-state index in [1.807, 2.05) is 6.20 Å². The van der Waals surface area contributed by atoms with Gasteiger partial charge in [0.05, 0.1) is 42.5 Å². The summed E-state index contributed by atoms with van der Waals surface area (Å²) in [4.78, 5) is 25.6. The van der Waals surface area contributed by atoms with Crippen LogP contribution in [0.5, 0.6) is 0 Å². The zero-order valence-corrected chi connectivity index (χ0v) is 26.2. The number of nitrogens with one attached hydrogen (secondary N) is 1. The first-order valence-corrected chi connectivity index (χ1v) is 17.7. The summed E-state index contributed by atoms with van der Waals surface area (Å²) in [5.74, 6) is 0.930. The molecule has 0 amide bonds. The van der Waals surface area contributed by atoms with E-state index in [0.29, 0.717) is 28.8 Å². The van der Waals surface area contributed by atoms with Gasteiger partial charge in [0.25, 0.3) is 0 Å². The second kappa shape index (κ2) is 12.2. The number of nitrogens with zero attached hydrogens (tertiary/aromatic N) is 4. The molecular formula is C32H43N5O3Si. The molecule has 3 aromatic rings. The molecule has 0 bridgehead atoms. The Kier molecular flexibility index (Phi) is 8.65. The van der Waals surface area contributed by atoms with Crippen LogP contribution in [0.25, 0.3) is 0 Å². The van der Waals surface area contributed by atoms with Crippen LogP contribution in [0.2, 0.25) is 18.6 Å². The van der Waals surface area contributed by atoms with Crippen molar-refractivity contribution in [2.45, 2.75) is 63.8 Å². The molecule has 1 aliphatic heterocycles. The molecule has 2 aromatic heterocycles. The number of hydrogen-bond donors (Lipinski definition) is 1. The molecule has 5 rings (SSSR count). The minimum atomic E-state index is -1.62. The number of pyridine rings is 2. The van der Waals surface area contributed by atoms with E-state index in [4.69, 9.17) is 14.1 Å². The van der Waals surface area contributed by atoms with Crippen LogP contribution in [0.15, 0.2) is 55.0 Å². The molecule has 3 heterocycles. The molecule has 1 N–H and O–H groups in total. The monoisotopic (exact) mass is 573 g/mol. The van der Waals surface area contributed by atoms with E-state index in [2.05, 4.69) is 84.4 Å². The summed E-state index contributed by atoms with van der Waals surface area (Å²) in [6, 6.07) is 12.7. The Balaban J connectivity index is 1.21. The zero-order chi connectivity index (χ0) is 29.1. The predicted octanol–water partition coefficient (Wildman–Crippen LogP) is 6.38. The van der Waals surface area contributed by atoms with Crippen LogP contribution in [0.3, 0.4) is 0 Å². The number of esters is 1. The van der Waals surface area contributed by atoms with Crippen LogP contribution in [0.4, 0.5) is 22.9 Å². The maximum atomic E-state index is 12.1. The van der Waals surface area contributed by atoms with Crippen molar-refractivity contribution in [1.29, 1.82) is 0 Å². The van der Waals surface area contributed by atoms with Gasteiger partial charge in [-0.1, -0.05) is 19.9 Å². The van der Waals surface area contributed by atoms with Crippen LogP contribution in [0.1, 0.15) is 54.1 Å². The highest BCUT2D eigenvalue weighted by Gasteiger charge is 2.36. The van der Waals surface area contributed by atoms with Gasteiger partial charge in [-0.15, -0.1) is 0 Å². The number of aryl methyl sites for hydroxylation is 1. The summed E-state index contributed by atoms with van der Waals surface area (Å²) in [5.41, 5.74) is 6.86. The largest absolute Gasteiger partial charge is 0.465 e. The van der Waals surface area contributed by atoms with Gasteiger partial charge in [-0.3, -0.25) is 4.98 Å². The van der Waals surface area contributed by atoms with Gasteiger partial charge >= 0.3 is 5.97 Å². The second-order valence-electron chi connectivity index (χ2n) is 12.1. The number of benzene rings is 1. The van der Waals surface area contributed by atoms with E-state index in [-0.39, 0.29) is 5.97 Å². The molecule has 0 radical (unpaired) electrons. The maximum absolute atomic E-state index is 12.1. The minimum absolute atomic E-state index is 0.329. The third kappa shape index (κ3) is 6.41. The number of methoxy groups -OCH3 is 1. The summed E-state index contributed by atoms with van der Waals surface area (Å²) in [7, 11) is 1.86. The highest BCUT2D eigenvalue weighted by molar-refractivity contribution is 6.72. The Bertz CT molecular complexity index is 1360. The number of fused-ring (bicyclic) bond motifs is 1. The fraction of sp³-hybridized carbons (Fsp3) is 0.469. The quantitative estimate of drug-likeness (QED) is 0.221. The Morgan fingerprint density at radius 1 is 1.17 bits per heavy atom. The van der Waals surface area contributed by atoms with Crippen LogP contribution in [-0.4, -0.2) is 64.2 Å². The molecule has 0 unspecified atom stereocenters. The molecule has 9 heteroatoms. The van der Waals surface area contributed by atoms with Crippen molar-refractivity contribution >= 4 is 37.2 Å². The van der Waals surface area contributed by atoms with Gasteiger partial charge in [-0.05, 0) is 79.4 Å². The van der Waals surface area contributed by atoms with Crippen LogP contribution >= 0.6 is 0 Å². The van der Waals surface area contributed by atoms with Gasteiger partial charge < -0.3 is 24.3 Å². The van der Waals surface area contributed by atoms with E-state index in [0.717, 1.165) is 56.1 Å². The topological polar surface area (TPSA) is 79.8 Å². The third-order valence-corrected chi connectivity index (χ3v) is 12.6. The molecule has 1 fully saturated rings. The lowest BCUT2D eigenvalue weighted by molar-refractivity contribution is 0.0601. The highest BCUT2D eigenvalue weighted by atomic mass is 28.4. The molecule has 218 valence electrons. The third-order valence-electron chi connectivity index (χ3n) is 8.87. The lowest BCUT2D eigenvalue weighted by Gasteiger charge is -2.44. The second-order valence-corrected chi connectivity index (χ2v) is 16.7. The molecule has 2 aliphatic rings. The maximum Gasteiger partial charge on any atom is 0.340 e. The first kappa shape index (κ1) is 29.1. The lowest BCUT2D eigenvalue weighted by Crippen LogP contribution is -2.56. The van der Waals surface area contributed by atoms with Crippen LogP contribution < -0.4 is 15.1 Å². The van der Waals surface area contributed by atoms with E-state index in [1.54, 1.807) is 18.5 Å². The Labute approximate surface area is 245 Å². The van der Waals surface area contributed by atoms with Crippen molar-refractivity contribution in [3.63, 3.8) is 0 Å². The van der Waals surface area contributed by atoms with E-state index < -0.39 is 8.32 Å². The number of hydrogen-bond acceptors (Lipinski definition) is 8. The number of ether oxygens (including phenoxy) is 1. The summed E-state index contributed by atoms with van der Waals surface area (Å²) in [5, 5.41) is 3.45. The molecule has 1 atom stereocenters. The van der Waals surface area contributed by atoms with E-state index in [1.165, 1.54) is 18.2 Å². The average molecular weight is 574 g/mol. The molecule has 41 heavy (non-hydrogen) atoms. The first-order valence-electron chi connectivity index (χ1n) is 14.7. The fourth-order valence-electron chi connectivity index (χ4n) is 5.56. The molecule has 8 nitrogen and oxygen atoms in total.